The summed E-state index contributed by atoms with van der Waals surface area (Å²) in [6.07, 6.45) is 4.68. The van der Waals surface area contributed by atoms with E-state index >= 15 is 0 Å². The van der Waals surface area contributed by atoms with Crippen LogP contribution in [0.25, 0.3) is 0 Å². The van der Waals surface area contributed by atoms with Crippen molar-refractivity contribution in [2.75, 3.05) is 13.2 Å². The molecule has 0 heterocycles. The molecule has 2 rings (SSSR count). The van der Waals surface area contributed by atoms with E-state index in [4.69, 9.17) is 9.47 Å². The van der Waals surface area contributed by atoms with Gasteiger partial charge in [-0.3, -0.25) is 0 Å². The number of hydrogen-bond donors (Lipinski definition) is 1. The molecule has 0 aliphatic heterocycles. The SMILES string of the molecule is C=C(/C=C\C(=C)C(=C)/C(F)=C(/F)C(=C)OCC)COc1ccc(C2CCC(O)CC2)c(F)c1F. The summed E-state index contributed by atoms with van der Waals surface area (Å²) in [5.41, 5.74) is 0.391. The van der Waals surface area contributed by atoms with Crippen LogP contribution in [0.4, 0.5) is 17.6 Å². The van der Waals surface area contributed by atoms with Gasteiger partial charge in [-0.2, -0.15) is 8.78 Å². The van der Waals surface area contributed by atoms with E-state index in [0.717, 1.165) is 0 Å². The zero-order chi connectivity index (χ0) is 25.4. The van der Waals surface area contributed by atoms with Gasteiger partial charge in [-0.05, 0) is 61.3 Å². The zero-order valence-electron chi connectivity index (χ0n) is 19.3. The van der Waals surface area contributed by atoms with Crippen LogP contribution in [-0.2, 0) is 4.74 Å². The molecule has 34 heavy (non-hydrogen) atoms. The van der Waals surface area contributed by atoms with Gasteiger partial charge in [0.05, 0.1) is 12.7 Å². The van der Waals surface area contributed by atoms with Gasteiger partial charge in [0.25, 0.3) is 0 Å². The summed E-state index contributed by atoms with van der Waals surface area (Å²) in [4.78, 5) is 0. The number of aliphatic hydroxyl groups excluding tert-OH is 1. The summed E-state index contributed by atoms with van der Waals surface area (Å²) in [5.74, 6) is -5.42. The Kier molecular flexibility index (Phi) is 9.93. The highest BCUT2D eigenvalue weighted by molar-refractivity contribution is 5.49. The molecule has 0 atom stereocenters. The summed E-state index contributed by atoms with van der Waals surface area (Å²) < 4.78 is 67.5. The smallest absolute Gasteiger partial charge is 0.200 e. The van der Waals surface area contributed by atoms with Crippen molar-refractivity contribution in [1.82, 2.24) is 0 Å². The molecule has 1 saturated carbocycles. The maximum Gasteiger partial charge on any atom is 0.200 e. The Labute approximate surface area is 198 Å². The highest BCUT2D eigenvalue weighted by Gasteiger charge is 2.25. The van der Waals surface area contributed by atoms with Crippen LogP contribution < -0.4 is 4.74 Å². The van der Waals surface area contributed by atoms with Gasteiger partial charge in [0.1, 0.15) is 6.61 Å². The first-order chi connectivity index (χ1) is 16.1. The van der Waals surface area contributed by atoms with Crippen molar-refractivity contribution < 1.29 is 32.1 Å². The molecule has 0 saturated heterocycles. The van der Waals surface area contributed by atoms with Crippen LogP contribution in [-0.4, -0.2) is 24.4 Å². The third-order valence-electron chi connectivity index (χ3n) is 5.56. The average Bonchev–Trinajstić information content (AvgIpc) is 2.82. The van der Waals surface area contributed by atoms with Crippen molar-refractivity contribution in [2.45, 2.75) is 44.6 Å². The van der Waals surface area contributed by atoms with Gasteiger partial charge in [-0.25, -0.2) is 8.78 Å². The minimum atomic E-state index is -1.27. The lowest BCUT2D eigenvalue weighted by molar-refractivity contribution is 0.122. The number of allylic oxidation sites excluding steroid dienone is 5. The zero-order valence-corrected chi connectivity index (χ0v) is 19.3. The molecule has 0 spiro atoms. The molecule has 184 valence electrons. The highest BCUT2D eigenvalue weighted by atomic mass is 19.2. The first kappa shape index (κ1) is 27.2. The second-order valence-electron chi connectivity index (χ2n) is 8.05. The first-order valence-electron chi connectivity index (χ1n) is 11.0. The molecule has 1 fully saturated rings. The number of hydrogen-bond acceptors (Lipinski definition) is 3. The maximum atomic E-state index is 14.6. The lowest BCUT2D eigenvalue weighted by Gasteiger charge is -2.26. The Morgan fingerprint density at radius 1 is 1.00 bits per heavy atom. The van der Waals surface area contributed by atoms with Crippen LogP contribution >= 0.6 is 0 Å². The largest absolute Gasteiger partial charge is 0.491 e. The summed E-state index contributed by atoms with van der Waals surface area (Å²) in [5, 5.41) is 9.61. The summed E-state index contributed by atoms with van der Waals surface area (Å²) in [6, 6.07) is 2.87. The van der Waals surface area contributed by atoms with E-state index in [9.17, 15) is 22.7 Å². The van der Waals surface area contributed by atoms with Gasteiger partial charge in [-0.15, -0.1) is 0 Å². The predicted molar refractivity (Wildman–Crippen MR) is 126 cm³/mol. The van der Waals surface area contributed by atoms with Crippen LogP contribution in [0.3, 0.4) is 0 Å². The molecule has 0 radical (unpaired) electrons. The topological polar surface area (TPSA) is 38.7 Å². The second-order valence-corrected chi connectivity index (χ2v) is 8.05. The Bertz CT molecular complexity index is 1010. The van der Waals surface area contributed by atoms with Crippen LogP contribution in [0.2, 0.25) is 0 Å². The first-order valence-corrected chi connectivity index (χ1v) is 11.0. The second kappa shape index (κ2) is 12.4. The molecule has 1 aromatic rings. The van der Waals surface area contributed by atoms with Gasteiger partial charge in [-0.1, -0.05) is 44.5 Å². The molecule has 1 aliphatic carbocycles. The monoisotopic (exact) mass is 478 g/mol. The lowest BCUT2D eigenvalue weighted by atomic mass is 9.82. The molecular formula is C27H30F4O3. The fraction of sp³-hybridized carbons (Fsp3) is 0.333. The predicted octanol–water partition coefficient (Wildman–Crippen LogP) is 7.29. The van der Waals surface area contributed by atoms with Crippen molar-refractivity contribution in [1.29, 1.82) is 0 Å². The Balaban J connectivity index is 1.97. The van der Waals surface area contributed by atoms with Gasteiger partial charge in [0.2, 0.25) is 11.6 Å². The van der Waals surface area contributed by atoms with E-state index in [1.807, 2.05) is 0 Å². The molecule has 0 bridgehead atoms. The van der Waals surface area contributed by atoms with Crippen molar-refractivity contribution >= 4 is 0 Å². The van der Waals surface area contributed by atoms with E-state index in [1.54, 1.807) is 6.92 Å². The van der Waals surface area contributed by atoms with Gasteiger partial charge < -0.3 is 14.6 Å². The Morgan fingerprint density at radius 3 is 2.26 bits per heavy atom. The van der Waals surface area contributed by atoms with E-state index in [-0.39, 0.29) is 47.7 Å². The number of benzene rings is 1. The molecule has 7 heteroatoms. The van der Waals surface area contributed by atoms with Crippen LogP contribution in [0.5, 0.6) is 5.75 Å². The molecule has 3 nitrogen and oxygen atoms in total. The maximum absolute atomic E-state index is 14.6. The molecule has 0 amide bonds. The number of halogens is 4. The molecule has 1 aromatic carbocycles. The van der Waals surface area contributed by atoms with Crippen molar-refractivity contribution in [3.63, 3.8) is 0 Å². The van der Waals surface area contributed by atoms with E-state index in [1.165, 1.54) is 24.3 Å². The van der Waals surface area contributed by atoms with Crippen molar-refractivity contribution in [3.8, 4) is 5.75 Å². The highest BCUT2D eigenvalue weighted by Crippen LogP contribution is 2.36. The molecule has 0 aromatic heterocycles. The van der Waals surface area contributed by atoms with E-state index in [0.29, 0.717) is 31.3 Å². The summed E-state index contributed by atoms with van der Waals surface area (Å²) >= 11 is 0. The molecule has 1 N–H and O–H groups in total. The van der Waals surface area contributed by atoms with Gasteiger partial charge in [0.15, 0.2) is 23.2 Å². The van der Waals surface area contributed by atoms with Crippen LogP contribution in [0.1, 0.15) is 44.1 Å². The minimum Gasteiger partial charge on any atom is -0.491 e. The third-order valence-corrected chi connectivity index (χ3v) is 5.56. The summed E-state index contributed by atoms with van der Waals surface area (Å²) in [7, 11) is 0. The Morgan fingerprint density at radius 2 is 1.65 bits per heavy atom. The normalized spacial score (nSPS) is 18.9. The van der Waals surface area contributed by atoms with Crippen LogP contribution in [0.15, 0.2) is 84.7 Å². The Hall–Kier alpha value is -3.06. The summed E-state index contributed by atoms with van der Waals surface area (Å²) in [6.45, 7) is 15.7. The lowest BCUT2D eigenvalue weighted by Crippen LogP contribution is -2.18. The fourth-order valence-electron chi connectivity index (χ4n) is 3.53. The van der Waals surface area contributed by atoms with E-state index in [2.05, 4.69) is 26.3 Å². The van der Waals surface area contributed by atoms with Gasteiger partial charge in [0, 0.05) is 5.57 Å². The third kappa shape index (κ3) is 6.97. The quantitative estimate of drug-likeness (QED) is 0.206. The fourth-order valence-corrected chi connectivity index (χ4v) is 3.53. The number of rotatable bonds is 11. The molecule has 1 aliphatic rings. The van der Waals surface area contributed by atoms with Crippen molar-refractivity contribution in [2.24, 2.45) is 0 Å². The average molecular weight is 479 g/mol. The van der Waals surface area contributed by atoms with Crippen molar-refractivity contribution in [3.05, 3.63) is 102 Å². The molecular weight excluding hydrogens is 448 g/mol. The standard InChI is InChI=1S/C27H30F4O3/c1-6-33-19(5)25(29)24(28)18(4)17(3)8-7-16(2)15-34-23-14-13-22(26(30)27(23)31)20-9-11-21(32)12-10-20/h7-8,13-14,20-21,32H,2-6,9-12,15H2,1H3/b8-7-,25-24-. The molecule has 0 unspecified atom stereocenters. The van der Waals surface area contributed by atoms with Gasteiger partial charge >= 0.3 is 0 Å². The van der Waals surface area contributed by atoms with Crippen LogP contribution in [0, 0.1) is 11.6 Å². The number of aliphatic hydroxyl groups is 1. The minimum absolute atomic E-state index is 0.0669. The van der Waals surface area contributed by atoms with E-state index < -0.39 is 29.0 Å². The number of ether oxygens (including phenoxy) is 2.